The fourth-order valence-corrected chi connectivity index (χ4v) is 4.31. The third-order valence-electron chi connectivity index (χ3n) is 5.09. The molecule has 3 aromatic rings. The van der Waals surface area contributed by atoms with Gasteiger partial charge in [-0.05, 0) is 42.7 Å². The first-order valence-electron chi connectivity index (χ1n) is 9.43. The van der Waals surface area contributed by atoms with Crippen molar-refractivity contribution in [2.45, 2.75) is 30.4 Å². The summed E-state index contributed by atoms with van der Waals surface area (Å²) in [5.41, 5.74) is 3.29. The van der Waals surface area contributed by atoms with Gasteiger partial charge in [0.25, 0.3) is 5.22 Å². The summed E-state index contributed by atoms with van der Waals surface area (Å²) < 4.78 is 16.5. The van der Waals surface area contributed by atoms with E-state index in [4.69, 9.17) is 13.9 Å². The average molecular weight is 409 g/mol. The number of ether oxygens (including phenoxy) is 2. The molecule has 8 heteroatoms. The molecule has 0 spiro atoms. The maximum Gasteiger partial charge on any atom is 0.277 e. The van der Waals surface area contributed by atoms with Crippen molar-refractivity contribution in [1.82, 2.24) is 15.1 Å². The van der Waals surface area contributed by atoms with Crippen LogP contribution in [0.3, 0.4) is 0 Å². The Morgan fingerprint density at radius 1 is 1.10 bits per heavy atom. The molecule has 3 heterocycles. The lowest BCUT2D eigenvalue weighted by Crippen LogP contribution is -2.40. The predicted molar refractivity (Wildman–Crippen MR) is 107 cm³/mol. The Morgan fingerprint density at radius 3 is 2.83 bits per heavy atom. The normalized spacial score (nSPS) is 15.8. The Labute approximate surface area is 172 Å². The maximum absolute atomic E-state index is 12.9. The number of rotatable bonds is 4. The number of nitrogens with zero attached hydrogens (tertiary/aromatic N) is 3. The second-order valence-corrected chi connectivity index (χ2v) is 8.27. The molecule has 29 heavy (non-hydrogen) atoms. The van der Waals surface area contributed by atoms with E-state index in [0.29, 0.717) is 29.2 Å². The van der Waals surface area contributed by atoms with Gasteiger partial charge in [-0.15, -0.1) is 10.2 Å². The molecular formula is C21H19N3O4S. The zero-order chi connectivity index (χ0) is 19.8. The van der Waals surface area contributed by atoms with Gasteiger partial charge < -0.3 is 18.8 Å². The molecule has 0 saturated heterocycles. The largest absolute Gasteiger partial charge is 0.454 e. The number of thioether (sulfide) groups is 1. The first kappa shape index (κ1) is 18.1. The van der Waals surface area contributed by atoms with Gasteiger partial charge in [0.1, 0.15) is 0 Å². The minimum atomic E-state index is -0.315. The number of carbonyl (C=O) groups is 1. The van der Waals surface area contributed by atoms with Crippen LogP contribution in [0.5, 0.6) is 11.5 Å². The van der Waals surface area contributed by atoms with Gasteiger partial charge in [0.2, 0.25) is 18.6 Å². The molecule has 0 bridgehead atoms. The van der Waals surface area contributed by atoms with Crippen LogP contribution in [0.15, 0.2) is 52.1 Å². The van der Waals surface area contributed by atoms with Gasteiger partial charge in [-0.25, -0.2) is 0 Å². The summed E-state index contributed by atoms with van der Waals surface area (Å²) in [4.78, 5) is 14.8. The SMILES string of the molecule is CC(Sc1nnc(-c2ccc3c(c2)OCO3)o1)C(=O)N1CCc2ccccc2C1. The van der Waals surface area contributed by atoms with Gasteiger partial charge in [-0.2, -0.15) is 0 Å². The molecule has 0 N–H and O–H groups in total. The highest BCUT2D eigenvalue weighted by atomic mass is 32.2. The van der Waals surface area contributed by atoms with Gasteiger partial charge in [0.05, 0.1) is 5.25 Å². The van der Waals surface area contributed by atoms with Crippen LogP contribution < -0.4 is 9.47 Å². The van der Waals surface area contributed by atoms with E-state index in [2.05, 4.69) is 22.3 Å². The van der Waals surface area contributed by atoms with Gasteiger partial charge >= 0.3 is 0 Å². The van der Waals surface area contributed by atoms with Crippen molar-refractivity contribution < 1.29 is 18.7 Å². The summed E-state index contributed by atoms with van der Waals surface area (Å²) in [6, 6.07) is 13.7. The standard InChI is InChI=1S/C21H19N3O4S/c1-13(20(25)24-9-8-14-4-2-3-5-16(14)11-24)29-21-23-22-19(28-21)15-6-7-17-18(10-15)27-12-26-17/h2-7,10,13H,8-9,11-12H2,1H3. The van der Waals surface area contributed by atoms with Crippen LogP contribution in [0.4, 0.5) is 0 Å². The lowest BCUT2D eigenvalue weighted by Gasteiger charge is -2.30. The van der Waals surface area contributed by atoms with Gasteiger partial charge in [-0.3, -0.25) is 4.79 Å². The lowest BCUT2D eigenvalue weighted by molar-refractivity contribution is -0.131. The third-order valence-corrected chi connectivity index (χ3v) is 6.02. The Balaban J connectivity index is 1.26. The van der Waals surface area contributed by atoms with Crippen molar-refractivity contribution in [2.75, 3.05) is 13.3 Å². The summed E-state index contributed by atoms with van der Waals surface area (Å²) in [5, 5.41) is 8.26. The molecule has 1 unspecified atom stereocenters. The minimum Gasteiger partial charge on any atom is -0.454 e. The minimum absolute atomic E-state index is 0.0762. The highest BCUT2D eigenvalue weighted by Gasteiger charge is 2.27. The topological polar surface area (TPSA) is 77.7 Å². The second kappa shape index (κ2) is 7.44. The van der Waals surface area contributed by atoms with E-state index in [-0.39, 0.29) is 18.0 Å². The van der Waals surface area contributed by atoms with Crippen LogP contribution in [-0.4, -0.2) is 39.6 Å². The van der Waals surface area contributed by atoms with E-state index in [9.17, 15) is 4.79 Å². The number of fused-ring (bicyclic) bond motifs is 2. The second-order valence-electron chi connectivity index (χ2n) is 6.98. The zero-order valence-corrected chi connectivity index (χ0v) is 16.6. The number of hydrogen-bond donors (Lipinski definition) is 0. The van der Waals surface area contributed by atoms with Crippen LogP contribution in [0.2, 0.25) is 0 Å². The quantitative estimate of drug-likeness (QED) is 0.610. The smallest absolute Gasteiger partial charge is 0.277 e. The van der Waals surface area contributed by atoms with Crippen molar-refractivity contribution in [2.24, 2.45) is 0 Å². The van der Waals surface area contributed by atoms with E-state index >= 15 is 0 Å². The van der Waals surface area contributed by atoms with Crippen molar-refractivity contribution in [3.8, 4) is 23.0 Å². The summed E-state index contributed by atoms with van der Waals surface area (Å²) in [6.45, 7) is 3.46. The molecule has 5 rings (SSSR count). The molecule has 1 amide bonds. The highest BCUT2D eigenvalue weighted by Crippen LogP contribution is 2.36. The number of benzene rings is 2. The van der Waals surface area contributed by atoms with Crippen molar-refractivity contribution in [3.63, 3.8) is 0 Å². The molecule has 2 aliphatic rings. The Hall–Kier alpha value is -3.00. The summed E-state index contributed by atoms with van der Waals surface area (Å²) >= 11 is 1.28. The molecule has 0 fully saturated rings. The van der Waals surface area contributed by atoms with Crippen molar-refractivity contribution >= 4 is 17.7 Å². The predicted octanol–water partition coefficient (Wildman–Crippen LogP) is 3.53. The summed E-state index contributed by atoms with van der Waals surface area (Å²) in [6.07, 6.45) is 0.883. The molecular weight excluding hydrogens is 390 g/mol. The lowest BCUT2D eigenvalue weighted by atomic mass is 10.00. The fourth-order valence-electron chi connectivity index (χ4n) is 3.55. The Kier molecular flexibility index (Phi) is 4.63. The van der Waals surface area contributed by atoms with Crippen LogP contribution in [0.25, 0.3) is 11.5 Å². The van der Waals surface area contributed by atoms with E-state index < -0.39 is 0 Å². The number of carbonyl (C=O) groups excluding carboxylic acids is 1. The first-order chi connectivity index (χ1) is 14.2. The first-order valence-corrected chi connectivity index (χ1v) is 10.3. The van der Waals surface area contributed by atoms with Crippen LogP contribution >= 0.6 is 11.8 Å². The summed E-state index contributed by atoms with van der Waals surface area (Å²) in [7, 11) is 0. The fraction of sp³-hybridized carbons (Fsp3) is 0.286. The van der Waals surface area contributed by atoms with E-state index in [1.807, 2.05) is 42.2 Å². The molecule has 7 nitrogen and oxygen atoms in total. The average Bonchev–Trinajstić information content (AvgIpc) is 3.41. The van der Waals surface area contributed by atoms with E-state index in [1.54, 1.807) is 0 Å². The maximum atomic E-state index is 12.9. The van der Waals surface area contributed by atoms with Crippen molar-refractivity contribution in [1.29, 1.82) is 0 Å². The highest BCUT2D eigenvalue weighted by molar-refractivity contribution is 8.00. The molecule has 0 aliphatic carbocycles. The van der Waals surface area contributed by atoms with Crippen molar-refractivity contribution in [3.05, 3.63) is 53.6 Å². The van der Waals surface area contributed by atoms with Crippen LogP contribution in [0.1, 0.15) is 18.1 Å². The zero-order valence-electron chi connectivity index (χ0n) is 15.8. The monoisotopic (exact) mass is 409 g/mol. The molecule has 2 aromatic carbocycles. The number of aromatic nitrogens is 2. The Morgan fingerprint density at radius 2 is 1.93 bits per heavy atom. The summed E-state index contributed by atoms with van der Waals surface area (Å²) in [5.74, 6) is 1.82. The van der Waals surface area contributed by atoms with Crippen LogP contribution in [-0.2, 0) is 17.8 Å². The molecule has 2 aliphatic heterocycles. The molecule has 148 valence electrons. The Bertz CT molecular complexity index is 1070. The third kappa shape index (κ3) is 3.55. The molecule has 1 atom stereocenters. The number of hydrogen-bond acceptors (Lipinski definition) is 7. The molecule has 0 saturated carbocycles. The number of amides is 1. The van der Waals surface area contributed by atoms with E-state index in [1.165, 1.54) is 22.9 Å². The van der Waals surface area contributed by atoms with Gasteiger partial charge in [0, 0.05) is 18.7 Å². The van der Waals surface area contributed by atoms with Gasteiger partial charge in [0.15, 0.2) is 11.5 Å². The molecule has 1 aromatic heterocycles. The van der Waals surface area contributed by atoms with Crippen LogP contribution in [0, 0.1) is 0 Å². The van der Waals surface area contributed by atoms with Gasteiger partial charge in [-0.1, -0.05) is 36.0 Å². The molecule has 0 radical (unpaired) electrons. The van der Waals surface area contributed by atoms with E-state index in [0.717, 1.165) is 18.5 Å².